The maximum Gasteiger partial charge on any atom is 0.138 e. The number of aromatic nitrogens is 2. The zero-order valence-corrected chi connectivity index (χ0v) is 20.5. The monoisotopic (exact) mass is 457 g/mol. The number of anilines is 2. The van der Waals surface area contributed by atoms with Gasteiger partial charge < -0.3 is 25.7 Å². The molecule has 5 rings (SSSR count). The molecule has 0 spiro atoms. The third-order valence-corrected chi connectivity index (χ3v) is 5.76. The molecule has 1 aliphatic rings. The van der Waals surface area contributed by atoms with Crippen molar-refractivity contribution in [3.05, 3.63) is 71.8 Å². The summed E-state index contributed by atoms with van der Waals surface area (Å²) in [6, 6.07) is 20.9. The van der Waals surface area contributed by atoms with E-state index in [0.717, 1.165) is 65.7 Å². The van der Waals surface area contributed by atoms with Crippen LogP contribution >= 0.6 is 0 Å². The first-order chi connectivity index (χ1) is 16.7. The van der Waals surface area contributed by atoms with Crippen LogP contribution in [0.25, 0.3) is 22.4 Å². The second-order valence-corrected chi connectivity index (χ2v) is 8.21. The Bertz CT molecular complexity index is 1220. The number of H-pyrrole nitrogens is 1. The molecule has 1 aromatic heterocycles. The lowest BCUT2D eigenvalue weighted by molar-refractivity contribution is 0.308. The maximum atomic E-state index is 5.84. The van der Waals surface area contributed by atoms with Gasteiger partial charge in [-0.1, -0.05) is 39.0 Å². The van der Waals surface area contributed by atoms with Gasteiger partial charge in [-0.2, -0.15) is 0 Å². The van der Waals surface area contributed by atoms with E-state index in [1.54, 1.807) is 0 Å². The summed E-state index contributed by atoms with van der Waals surface area (Å²) in [7, 11) is 0. The first-order valence-corrected chi connectivity index (χ1v) is 12.3. The number of benzene rings is 3. The lowest BCUT2D eigenvalue weighted by Crippen LogP contribution is -2.16. The minimum absolute atomic E-state index is 0.0291. The molecular weight excluding hydrogens is 422 g/mol. The molecule has 2 heterocycles. The zero-order chi connectivity index (χ0) is 23.9. The summed E-state index contributed by atoms with van der Waals surface area (Å²) in [5.41, 5.74) is 7.67. The summed E-state index contributed by atoms with van der Waals surface area (Å²) in [6.07, 6.45) is 1.03. The van der Waals surface area contributed by atoms with Crippen LogP contribution in [-0.2, 0) is 0 Å². The first kappa shape index (κ1) is 23.6. The topological polar surface area (TPSA) is 74.0 Å². The third kappa shape index (κ3) is 5.34. The van der Waals surface area contributed by atoms with Gasteiger partial charge in [0, 0.05) is 5.56 Å². The number of aromatic amines is 1. The number of fused-ring (bicyclic) bond motifs is 2. The minimum Gasteiger partial charge on any atom is -0.494 e. The number of nitrogens with zero attached hydrogens (tertiary/aromatic N) is 1. The van der Waals surface area contributed by atoms with Crippen LogP contribution in [-0.4, -0.2) is 29.7 Å². The van der Waals surface area contributed by atoms with Crippen LogP contribution in [0.1, 0.15) is 44.5 Å². The molecule has 0 saturated heterocycles. The van der Waals surface area contributed by atoms with Crippen molar-refractivity contribution in [1.82, 2.24) is 15.3 Å². The fourth-order valence-electron chi connectivity index (χ4n) is 4.03. The summed E-state index contributed by atoms with van der Waals surface area (Å²) in [5.74, 6) is 1.79. The normalized spacial score (nSPS) is 14.1. The number of imidazole rings is 1. The van der Waals surface area contributed by atoms with Gasteiger partial charge in [-0.15, -0.1) is 0 Å². The molecule has 34 heavy (non-hydrogen) atoms. The molecule has 0 aliphatic carbocycles. The van der Waals surface area contributed by atoms with Crippen LogP contribution in [0.3, 0.4) is 0 Å². The van der Waals surface area contributed by atoms with Crippen molar-refractivity contribution in [3.63, 3.8) is 0 Å². The van der Waals surface area contributed by atoms with Gasteiger partial charge in [-0.25, -0.2) is 4.98 Å². The lowest BCUT2D eigenvalue weighted by Gasteiger charge is -2.14. The summed E-state index contributed by atoms with van der Waals surface area (Å²) in [4.78, 5) is 8.20. The van der Waals surface area contributed by atoms with Gasteiger partial charge >= 0.3 is 0 Å². The minimum atomic E-state index is 0.0291. The van der Waals surface area contributed by atoms with Crippen molar-refractivity contribution in [3.8, 4) is 17.1 Å². The van der Waals surface area contributed by atoms with Crippen molar-refractivity contribution in [2.45, 2.75) is 40.3 Å². The first-order valence-electron chi connectivity index (χ1n) is 12.3. The highest BCUT2D eigenvalue weighted by molar-refractivity contribution is 5.84. The Morgan fingerprint density at radius 2 is 1.74 bits per heavy atom. The van der Waals surface area contributed by atoms with Gasteiger partial charge in [0.2, 0.25) is 0 Å². The highest BCUT2D eigenvalue weighted by Gasteiger charge is 2.22. The average molecular weight is 458 g/mol. The molecule has 6 heteroatoms. The highest BCUT2D eigenvalue weighted by atomic mass is 16.5. The van der Waals surface area contributed by atoms with Gasteiger partial charge in [0.05, 0.1) is 29.0 Å². The van der Waals surface area contributed by atoms with E-state index in [1.807, 2.05) is 26.0 Å². The molecule has 4 N–H and O–H groups in total. The zero-order valence-electron chi connectivity index (χ0n) is 20.5. The Morgan fingerprint density at radius 1 is 0.941 bits per heavy atom. The Morgan fingerprint density at radius 3 is 2.53 bits per heavy atom. The smallest absolute Gasteiger partial charge is 0.138 e. The molecule has 0 bridgehead atoms. The molecular formula is C28H35N5O. The average Bonchev–Trinajstić information content (AvgIpc) is 3.49. The van der Waals surface area contributed by atoms with E-state index in [-0.39, 0.29) is 6.17 Å². The summed E-state index contributed by atoms with van der Waals surface area (Å²) in [6.45, 7) is 10.9. The fraction of sp³-hybridized carbons (Fsp3) is 0.321. The molecule has 178 valence electrons. The Balaban J connectivity index is 0.00000133. The van der Waals surface area contributed by atoms with E-state index < -0.39 is 0 Å². The Kier molecular flexibility index (Phi) is 7.70. The SMILES string of the molecule is CC.CCNCCCOc1ccc(C2Nc3ccc(-c4nc5ccc(C)cc5[nH]4)cc3N2)cc1. The van der Waals surface area contributed by atoms with Gasteiger partial charge in [-0.05, 0) is 80.0 Å². The van der Waals surface area contributed by atoms with Crippen molar-refractivity contribution in [1.29, 1.82) is 0 Å². The Hall–Kier alpha value is -3.51. The molecule has 0 radical (unpaired) electrons. The number of aryl methyl sites for hydroxylation is 1. The standard InChI is InChI=1S/C26H29N5O.C2H6/c1-3-27-13-4-14-32-20-9-6-18(7-10-20)25-28-22-12-8-19(16-24(22)31-25)26-29-21-11-5-17(2)15-23(21)30-26;1-2/h5-12,15-16,25,27-28,31H,3-4,13-14H2,1-2H3,(H,29,30);1-2H3. The van der Waals surface area contributed by atoms with E-state index in [0.29, 0.717) is 0 Å². The maximum absolute atomic E-state index is 5.84. The number of rotatable bonds is 8. The lowest BCUT2D eigenvalue weighted by atomic mass is 10.1. The second kappa shape index (κ2) is 11.1. The van der Waals surface area contributed by atoms with Gasteiger partial charge in [0.25, 0.3) is 0 Å². The Labute approximate surface area is 202 Å². The van der Waals surface area contributed by atoms with Gasteiger partial charge in [0.1, 0.15) is 17.7 Å². The second-order valence-electron chi connectivity index (χ2n) is 8.21. The van der Waals surface area contributed by atoms with E-state index in [2.05, 4.69) is 83.3 Å². The number of hydrogen-bond donors (Lipinski definition) is 4. The van der Waals surface area contributed by atoms with E-state index >= 15 is 0 Å². The largest absolute Gasteiger partial charge is 0.494 e. The number of ether oxygens (including phenoxy) is 1. The molecule has 1 atom stereocenters. The molecule has 1 aliphatic heterocycles. The summed E-state index contributed by atoms with van der Waals surface area (Å²) >= 11 is 0. The highest BCUT2D eigenvalue weighted by Crippen LogP contribution is 2.38. The van der Waals surface area contributed by atoms with E-state index in [4.69, 9.17) is 9.72 Å². The van der Waals surface area contributed by atoms with Gasteiger partial charge in [0.15, 0.2) is 0 Å². The molecule has 3 aromatic carbocycles. The molecule has 0 fully saturated rings. The molecule has 4 aromatic rings. The van der Waals surface area contributed by atoms with E-state index in [9.17, 15) is 0 Å². The van der Waals surface area contributed by atoms with Gasteiger partial charge in [-0.3, -0.25) is 0 Å². The van der Waals surface area contributed by atoms with Crippen LogP contribution in [0.2, 0.25) is 0 Å². The summed E-state index contributed by atoms with van der Waals surface area (Å²) < 4.78 is 5.84. The predicted molar refractivity (Wildman–Crippen MR) is 143 cm³/mol. The van der Waals surface area contributed by atoms with Crippen molar-refractivity contribution in [2.75, 3.05) is 30.3 Å². The van der Waals surface area contributed by atoms with Crippen LogP contribution in [0.15, 0.2) is 60.7 Å². The number of hydrogen-bond acceptors (Lipinski definition) is 5. The van der Waals surface area contributed by atoms with Crippen molar-refractivity contribution in [2.24, 2.45) is 0 Å². The van der Waals surface area contributed by atoms with Crippen LogP contribution in [0.5, 0.6) is 5.75 Å². The van der Waals surface area contributed by atoms with Crippen molar-refractivity contribution < 1.29 is 4.74 Å². The predicted octanol–water partition coefficient (Wildman–Crippen LogP) is 6.48. The molecule has 0 amide bonds. The third-order valence-electron chi connectivity index (χ3n) is 5.76. The molecule has 1 unspecified atom stereocenters. The quantitative estimate of drug-likeness (QED) is 0.228. The molecule has 6 nitrogen and oxygen atoms in total. The van der Waals surface area contributed by atoms with Crippen LogP contribution < -0.4 is 20.7 Å². The molecule has 0 saturated carbocycles. The van der Waals surface area contributed by atoms with Crippen LogP contribution in [0, 0.1) is 6.92 Å². The van der Waals surface area contributed by atoms with Crippen molar-refractivity contribution >= 4 is 22.4 Å². The van der Waals surface area contributed by atoms with E-state index in [1.165, 1.54) is 11.1 Å². The fourth-order valence-corrected chi connectivity index (χ4v) is 4.03. The number of nitrogens with one attached hydrogen (secondary N) is 4. The summed E-state index contributed by atoms with van der Waals surface area (Å²) in [5, 5.41) is 10.5. The van der Waals surface area contributed by atoms with Crippen LogP contribution in [0.4, 0.5) is 11.4 Å².